The van der Waals surface area contributed by atoms with Gasteiger partial charge in [0.2, 0.25) is 0 Å². The molecule has 0 atom stereocenters. The molecular weight excluding hydrogens is 427 g/mol. The molecule has 0 unspecified atom stereocenters. The number of hydrogen-bond acceptors (Lipinski definition) is 4. The summed E-state index contributed by atoms with van der Waals surface area (Å²) < 4.78 is 67.0. The number of halogens is 5. The van der Waals surface area contributed by atoms with Gasteiger partial charge in [0, 0.05) is 13.0 Å². The van der Waals surface area contributed by atoms with E-state index < -0.39 is 24.3 Å². The van der Waals surface area contributed by atoms with E-state index in [4.69, 9.17) is 0 Å². The molecular formula is C20H15F5N2O2S. The van der Waals surface area contributed by atoms with E-state index in [0.717, 1.165) is 23.5 Å². The number of aromatic nitrogens is 1. The number of nitrogens with one attached hydrogen (secondary N) is 1. The minimum Gasteiger partial charge on any atom is -0.435 e. The quantitative estimate of drug-likeness (QED) is 0.507. The maximum Gasteiger partial charge on any atom is 0.416 e. The first-order chi connectivity index (χ1) is 14.2. The Morgan fingerprint density at radius 3 is 2.50 bits per heavy atom. The van der Waals surface area contributed by atoms with Crippen molar-refractivity contribution in [1.29, 1.82) is 0 Å². The van der Waals surface area contributed by atoms with Crippen molar-refractivity contribution >= 4 is 17.2 Å². The normalized spacial score (nSPS) is 11.5. The van der Waals surface area contributed by atoms with E-state index in [1.807, 2.05) is 0 Å². The Morgan fingerprint density at radius 2 is 1.83 bits per heavy atom. The summed E-state index contributed by atoms with van der Waals surface area (Å²) in [6.45, 7) is -2.75. The molecule has 0 aliphatic rings. The first-order valence-electron chi connectivity index (χ1n) is 8.63. The van der Waals surface area contributed by atoms with E-state index in [0.29, 0.717) is 21.0 Å². The highest BCUT2D eigenvalue weighted by Gasteiger charge is 2.30. The van der Waals surface area contributed by atoms with Gasteiger partial charge in [-0.25, -0.2) is 4.98 Å². The minimum absolute atomic E-state index is 0.0155. The molecule has 10 heteroatoms. The summed E-state index contributed by atoms with van der Waals surface area (Å²) >= 11 is 1.09. The molecule has 0 spiro atoms. The maximum atomic E-state index is 12.8. The van der Waals surface area contributed by atoms with Crippen molar-refractivity contribution in [3.63, 3.8) is 0 Å². The molecule has 3 aromatic rings. The van der Waals surface area contributed by atoms with Gasteiger partial charge in [-0.15, -0.1) is 11.3 Å². The van der Waals surface area contributed by atoms with Crippen LogP contribution in [0.25, 0.3) is 0 Å². The number of rotatable bonds is 7. The molecule has 1 aromatic heterocycles. The van der Waals surface area contributed by atoms with E-state index in [1.54, 1.807) is 18.2 Å². The molecule has 0 aliphatic carbocycles. The van der Waals surface area contributed by atoms with E-state index in [-0.39, 0.29) is 18.7 Å². The van der Waals surface area contributed by atoms with Crippen molar-refractivity contribution in [2.24, 2.45) is 0 Å². The molecule has 1 heterocycles. The third-order valence-corrected chi connectivity index (χ3v) is 4.98. The van der Waals surface area contributed by atoms with Crippen LogP contribution in [-0.2, 0) is 19.1 Å². The average molecular weight is 442 g/mol. The lowest BCUT2D eigenvalue weighted by molar-refractivity contribution is -0.137. The summed E-state index contributed by atoms with van der Waals surface area (Å²) in [5.41, 5.74) is 0.385. The van der Waals surface area contributed by atoms with Gasteiger partial charge in [0.1, 0.15) is 10.6 Å². The number of alkyl halides is 5. The molecule has 0 saturated carbocycles. The van der Waals surface area contributed by atoms with E-state index in [1.165, 1.54) is 24.4 Å². The SMILES string of the molecule is O=C(NCc1ccc(OC(F)F)cc1)c1cnc(Cc2cccc(C(F)(F)F)c2)s1. The van der Waals surface area contributed by atoms with Gasteiger partial charge in [-0.3, -0.25) is 4.79 Å². The van der Waals surface area contributed by atoms with Crippen LogP contribution in [0.1, 0.15) is 31.4 Å². The lowest BCUT2D eigenvalue weighted by atomic mass is 10.1. The number of nitrogens with zero attached hydrogens (tertiary/aromatic N) is 1. The van der Waals surface area contributed by atoms with Crippen LogP contribution in [0, 0.1) is 0 Å². The fourth-order valence-electron chi connectivity index (χ4n) is 2.59. The zero-order valence-electron chi connectivity index (χ0n) is 15.2. The summed E-state index contributed by atoms with van der Waals surface area (Å²) in [7, 11) is 0. The Balaban J connectivity index is 1.57. The number of ether oxygens (including phenoxy) is 1. The summed E-state index contributed by atoms with van der Waals surface area (Å²) in [5.74, 6) is -0.377. The molecule has 2 aromatic carbocycles. The number of thiazole rings is 1. The third-order valence-electron chi connectivity index (χ3n) is 3.99. The molecule has 1 N–H and O–H groups in total. The van der Waals surface area contributed by atoms with Gasteiger partial charge < -0.3 is 10.1 Å². The Morgan fingerprint density at radius 1 is 1.10 bits per heavy atom. The highest BCUT2D eigenvalue weighted by atomic mass is 32.1. The average Bonchev–Trinajstić information content (AvgIpc) is 3.15. The Hall–Kier alpha value is -3.01. The number of hydrogen-bond donors (Lipinski definition) is 1. The lowest BCUT2D eigenvalue weighted by Crippen LogP contribution is -2.21. The van der Waals surface area contributed by atoms with Crippen LogP contribution in [0.2, 0.25) is 0 Å². The van der Waals surface area contributed by atoms with Gasteiger partial charge >= 0.3 is 12.8 Å². The zero-order chi connectivity index (χ0) is 21.7. The zero-order valence-corrected chi connectivity index (χ0v) is 16.1. The standard InChI is InChI=1S/C20H15F5N2O2S/c21-19(22)29-15-6-4-12(5-7-15)10-27-18(28)16-11-26-17(30-16)9-13-2-1-3-14(8-13)20(23,24)25/h1-8,11,19H,9-10H2,(H,27,28). The predicted molar refractivity (Wildman–Crippen MR) is 101 cm³/mol. The maximum absolute atomic E-state index is 12.8. The number of amides is 1. The van der Waals surface area contributed by atoms with Crippen LogP contribution in [0.3, 0.4) is 0 Å². The Labute approximate surface area is 172 Å². The fourth-order valence-corrected chi connectivity index (χ4v) is 3.46. The van der Waals surface area contributed by atoms with E-state index >= 15 is 0 Å². The van der Waals surface area contributed by atoms with Crippen LogP contribution in [-0.4, -0.2) is 17.5 Å². The highest BCUT2D eigenvalue weighted by molar-refractivity contribution is 7.13. The largest absolute Gasteiger partial charge is 0.435 e. The molecule has 0 bridgehead atoms. The Kier molecular flexibility index (Phi) is 6.66. The topological polar surface area (TPSA) is 51.2 Å². The molecule has 30 heavy (non-hydrogen) atoms. The Bertz CT molecular complexity index is 1000. The van der Waals surface area contributed by atoms with Gasteiger partial charge in [-0.05, 0) is 29.3 Å². The first kappa shape index (κ1) is 21.7. The van der Waals surface area contributed by atoms with Crippen molar-refractivity contribution in [2.45, 2.75) is 25.8 Å². The number of carbonyl (C=O) groups excluding carboxylic acids is 1. The second-order valence-electron chi connectivity index (χ2n) is 6.20. The van der Waals surface area contributed by atoms with E-state index in [2.05, 4.69) is 15.0 Å². The molecule has 4 nitrogen and oxygen atoms in total. The van der Waals surface area contributed by atoms with Crippen molar-refractivity contribution in [1.82, 2.24) is 10.3 Å². The molecule has 0 saturated heterocycles. The molecule has 0 radical (unpaired) electrons. The van der Waals surface area contributed by atoms with E-state index in [9.17, 15) is 26.7 Å². The smallest absolute Gasteiger partial charge is 0.416 e. The second-order valence-corrected chi connectivity index (χ2v) is 7.31. The van der Waals surface area contributed by atoms with Crippen molar-refractivity contribution in [3.8, 4) is 5.75 Å². The summed E-state index contributed by atoms with van der Waals surface area (Å²) in [6.07, 6.45) is -2.89. The van der Waals surface area contributed by atoms with Crippen LogP contribution in [0.15, 0.2) is 54.7 Å². The van der Waals surface area contributed by atoms with Gasteiger partial charge in [0.15, 0.2) is 0 Å². The van der Waals surface area contributed by atoms with Gasteiger partial charge in [0.05, 0.1) is 16.8 Å². The van der Waals surface area contributed by atoms with Crippen molar-refractivity contribution in [3.05, 3.63) is 81.3 Å². The molecule has 158 valence electrons. The molecule has 1 amide bonds. The van der Waals surface area contributed by atoms with Gasteiger partial charge in [-0.1, -0.05) is 30.3 Å². The predicted octanol–water partition coefficient (Wildman–Crippen LogP) is 5.28. The summed E-state index contributed by atoms with van der Waals surface area (Å²) in [6, 6.07) is 10.8. The van der Waals surface area contributed by atoms with Gasteiger partial charge in [-0.2, -0.15) is 22.0 Å². The van der Waals surface area contributed by atoms with Crippen molar-refractivity contribution < 1.29 is 31.5 Å². The highest BCUT2D eigenvalue weighted by Crippen LogP contribution is 2.30. The monoisotopic (exact) mass is 442 g/mol. The fraction of sp³-hybridized carbons (Fsp3) is 0.200. The minimum atomic E-state index is -4.42. The number of benzene rings is 2. The second kappa shape index (κ2) is 9.21. The van der Waals surface area contributed by atoms with Crippen LogP contribution in [0.4, 0.5) is 22.0 Å². The van der Waals surface area contributed by atoms with Crippen molar-refractivity contribution in [2.75, 3.05) is 0 Å². The van der Waals surface area contributed by atoms with Crippen LogP contribution >= 0.6 is 11.3 Å². The molecule has 3 rings (SSSR count). The molecule has 0 aliphatic heterocycles. The molecule has 0 fully saturated rings. The third kappa shape index (κ3) is 5.99. The van der Waals surface area contributed by atoms with Gasteiger partial charge in [0.25, 0.3) is 5.91 Å². The number of carbonyl (C=O) groups is 1. The lowest BCUT2D eigenvalue weighted by Gasteiger charge is -2.07. The summed E-state index contributed by atoms with van der Waals surface area (Å²) in [4.78, 5) is 16.7. The summed E-state index contributed by atoms with van der Waals surface area (Å²) in [5, 5.41) is 3.18. The first-order valence-corrected chi connectivity index (χ1v) is 9.45. The van der Waals surface area contributed by atoms with Crippen LogP contribution in [0.5, 0.6) is 5.75 Å². The van der Waals surface area contributed by atoms with Crippen LogP contribution < -0.4 is 10.1 Å².